The van der Waals surface area contributed by atoms with Gasteiger partial charge in [-0.25, -0.2) is 4.79 Å². The molecule has 0 unspecified atom stereocenters. The molecule has 3 heterocycles. The van der Waals surface area contributed by atoms with Crippen LogP contribution in [0.4, 0.5) is 17.1 Å². The second kappa shape index (κ2) is 22.4. The maximum Gasteiger partial charge on any atom is 0.338 e. The predicted octanol–water partition coefficient (Wildman–Crippen LogP) is 16.1. The SMILES string of the molecule is CCCCCCCCOc1ccc(-c2ccc(C(=O)OC3CCN(c4cc5c6c(c7c(c5cc4OC)O[C@](c4ccccc4)(c4ccc(N5CCN(c8ccccc8)CC5)cc4)C=C7)C(C)(C)c4ccccc4-6)CC3)cc2)cc1. The average Bonchev–Trinajstić information content (AvgIpc) is 3.99. The molecule has 4 aliphatic rings. The summed E-state index contributed by atoms with van der Waals surface area (Å²) in [5, 5.41) is 2.15. The van der Waals surface area contributed by atoms with Crippen LogP contribution in [0.25, 0.3) is 39.1 Å². The number of carbonyl (C=O) groups excluding carboxylic acids is 1. The number of ether oxygens (including phenoxy) is 4. The first kappa shape index (κ1) is 51.8. The van der Waals surface area contributed by atoms with E-state index in [1.807, 2.05) is 36.4 Å². The van der Waals surface area contributed by atoms with E-state index in [-0.39, 0.29) is 17.5 Å². The lowest BCUT2D eigenvalue weighted by Crippen LogP contribution is -2.46. The van der Waals surface area contributed by atoms with Crippen LogP contribution in [0.3, 0.4) is 0 Å². The third-order valence-corrected chi connectivity index (χ3v) is 17.2. The summed E-state index contributed by atoms with van der Waals surface area (Å²) in [5.74, 6) is 2.24. The van der Waals surface area contributed by atoms with Crippen molar-refractivity contribution in [2.45, 2.75) is 89.3 Å². The van der Waals surface area contributed by atoms with Crippen LogP contribution in [0.5, 0.6) is 17.2 Å². The Hall–Kier alpha value is -7.97. The van der Waals surface area contributed by atoms with Gasteiger partial charge in [0.2, 0.25) is 0 Å². The van der Waals surface area contributed by atoms with Gasteiger partial charge in [0.1, 0.15) is 23.4 Å². The van der Waals surface area contributed by atoms with Gasteiger partial charge in [0.25, 0.3) is 0 Å². The number of fused-ring (bicyclic) bond motifs is 8. The molecule has 0 saturated carbocycles. The molecule has 1 aliphatic carbocycles. The maximum atomic E-state index is 13.6. The van der Waals surface area contributed by atoms with Crippen molar-refractivity contribution in [1.82, 2.24) is 0 Å². The third kappa shape index (κ3) is 10.1. The van der Waals surface area contributed by atoms with E-state index in [0.29, 0.717) is 31.5 Å². The minimum absolute atomic E-state index is 0.201. The molecule has 8 nitrogen and oxygen atoms in total. The highest BCUT2D eigenvalue weighted by Gasteiger charge is 2.45. The first-order valence-electron chi connectivity index (χ1n) is 28.9. The summed E-state index contributed by atoms with van der Waals surface area (Å²) in [4.78, 5) is 21.0. The van der Waals surface area contributed by atoms with Crippen molar-refractivity contribution in [2.24, 2.45) is 0 Å². The lowest BCUT2D eigenvalue weighted by molar-refractivity contribution is 0.0245. The number of piperidine rings is 1. The lowest BCUT2D eigenvalue weighted by atomic mass is 9.76. The first-order chi connectivity index (χ1) is 38.7. The van der Waals surface area contributed by atoms with Gasteiger partial charge in [0.05, 0.1) is 25.0 Å². The number of hydrogen-bond acceptors (Lipinski definition) is 8. The molecule has 0 bridgehead atoms. The summed E-state index contributed by atoms with van der Waals surface area (Å²) < 4.78 is 26.4. The van der Waals surface area contributed by atoms with Crippen LogP contribution in [0.15, 0.2) is 176 Å². The molecule has 2 saturated heterocycles. The van der Waals surface area contributed by atoms with Crippen molar-refractivity contribution in [2.75, 3.05) is 67.7 Å². The van der Waals surface area contributed by atoms with Gasteiger partial charge in [-0.2, -0.15) is 0 Å². The van der Waals surface area contributed by atoms with E-state index in [1.54, 1.807) is 7.11 Å². The van der Waals surface area contributed by atoms with E-state index in [2.05, 4.69) is 181 Å². The Balaban J connectivity index is 0.792. The molecule has 0 amide bonds. The molecule has 402 valence electrons. The van der Waals surface area contributed by atoms with Gasteiger partial charge in [0.15, 0.2) is 5.60 Å². The Morgan fingerprint density at radius 3 is 1.91 bits per heavy atom. The minimum atomic E-state index is -0.905. The van der Waals surface area contributed by atoms with Crippen LogP contribution in [-0.2, 0) is 15.8 Å². The number of esters is 1. The number of anilines is 3. The lowest BCUT2D eigenvalue weighted by Gasteiger charge is -2.39. The summed E-state index contributed by atoms with van der Waals surface area (Å²) in [6.07, 6.45) is 13.3. The van der Waals surface area contributed by atoms with Gasteiger partial charge < -0.3 is 33.6 Å². The van der Waals surface area contributed by atoms with E-state index >= 15 is 0 Å². The fraction of sp³-hybridized carbons (Fsp3) is 0.310. The quantitative estimate of drug-likeness (QED) is 0.0660. The number of piperazine rings is 1. The standard InChI is InChI=1S/C71H73N3O5/c1-5-6-7-8-9-18-47-77-57-35-29-51(30-36-57)50-25-27-52(28-26-50)69(75)78-58-38-41-74(42-39-58)64-48-61-62(49-65(64)76-4)68-60(67-66(61)59-23-16-17-24-63(59)70(67,2)3)37-40-71(79-68,53-19-12-10-13-20-53)54-31-33-56(34-32-54)73-45-43-72(44-46-73)55-21-14-11-15-22-55/h10-17,19-37,40,48-49,58H,5-9,18,38-39,41-47H2,1-4H3/t71-/m1/s1. The fourth-order valence-electron chi connectivity index (χ4n) is 12.9. The second-order valence-electron chi connectivity index (χ2n) is 22.4. The monoisotopic (exact) mass is 1050 g/mol. The van der Waals surface area contributed by atoms with E-state index in [9.17, 15) is 4.79 Å². The fourth-order valence-corrected chi connectivity index (χ4v) is 12.9. The molecule has 79 heavy (non-hydrogen) atoms. The minimum Gasteiger partial charge on any atom is -0.495 e. The van der Waals surface area contributed by atoms with Crippen LogP contribution in [0, 0.1) is 0 Å². The molecule has 8 aromatic carbocycles. The summed E-state index contributed by atoms with van der Waals surface area (Å²) >= 11 is 0. The Morgan fingerprint density at radius 1 is 0.620 bits per heavy atom. The van der Waals surface area contributed by atoms with Crippen molar-refractivity contribution < 1.29 is 23.7 Å². The molecule has 3 aliphatic heterocycles. The van der Waals surface area contributed by atoms with Gasteiger partial charge in [-0.05, 0) is 112 Å². The Morgan fingerprint density at radius 2 is 1.23 bits per heavy atom. The Labute approximate surface area is 467 Å². The van der Waals surface area contributed by atoms with E-state index in [1.165, 1.54) is 65.7 Å². The zero-order valence-electron chi connectivity index (χ0n) is 46.4. The third-order valence-electron chi connectivity index (χ3n) is 17.2. The molecule has 0 aromatic heterocycles. The maximum absolute atomic E-state index is 13.6. The molecule has 12 rings (SSSR count). The van der Waals surface area contributed by atoms with Crippen LogP contribution < -0.4 is 28.9 Å². The Kier molecular flexibility index (Phi) is 14.7. The van der Waals surface area contributed by atoms with Gasteiger partial charge in [-0.3, -0.25) is 0 Å². The molecule has 0 N–H and O–H groups in total. The van der Waals surface area contributed by atoms with Crippen LogP contribution in [0.2, 0.25) is 0 Å². The molecular formula is C71H73N3O5. The average molecular weight is 1050 g/mol. The number of unbranched alkanes of at least 4 members (excludes halogenated alkanes) is 5. The highest BCUT2D eigenvalue weighted by Crippen LogP contribution is 2.59. The van der Waals surface area contributed by atoms with Gasteiger partial charge >= 0.3 is 5.97 Å². The van der Waals surface area contributed by atoms with Crippen molar-refractivity contribution >= 4 is 39.9 Å². The number of rotatable bonds is 17. The highest BCUT2D eigenvalue weighted by molar-refractivity contribution is 6.10. The van der Waals surface area contributed by atoms with Crippen molar-refractivity contribution in [1.29, 1.82) is 0 Å². The van der Waals surface area contributed by atoms with Crippen LogP contribution in [-0.4, -0.2) is 65.1 Å². The molecule has 8 heteroatoms. The van der Waals surface area contributed by atoms with Gasteiger partial charge in [-0.15, -0.1) is 0 Å². The van der Waals surface area contributed by atoms with Crippen molar-refractivity contribution in [3.05, 3.63) is 209 Å². The van der Waals surface area contributed by atoms with E-state index in [4.69, 9.17) is 18.9 Å². The van der Waals surface area contributed by atoms with Crippen molar-refractivity contribution in [3.63, 3.8) is 0 Å². The number of nitrogens with zero attached hydrogens (tertiary/aromatic N) is 3. The molecule has 1 atom stereocenters. The second-order valence-corrected chi connectivity index (χ2v) is 22.4. The molecule has 2 fully saturated rings. The number of methoxy groups -OCH3 is 1. The van der Waals surface area contributed by atoms with E-state index < -0.39 is 5.60 Å². The van der Waals surface area contributed by atoms with Crippen molar-refractivity contribution in [3.8, 4) is 39.5 Å². The van der Waals surface area contributed by atoms with Gasteiger partial charge in [-0.1, -0.05) is 168 Å². The van der Waals surface area contributed by atoms with Crippen LogP contribution >= 0.6 is 0 Å². The molecular weight excluding hydrogens is 975 g/mol. The Bertz CT molecular complexity index is 3450. The summed E-state index contributed by atoms with van der Waals surface area (Å²) in [5.41, 5.74) is 13.3. The summed E-state index contributed by atoms with van der Waals surface area (Å²) in [6, 6.07) is 59.9. The van der Waals surface area contributed by atoms with E-state index in [0.717, 1.165) is 101 Å². The number of para-hydroxylation sites is 1. The zero-order valence-corrected chi connectivity index (χ0v) is 46.4. The zero-order chi connectivity index (χ0) is 53.9. The normalized spacial score (nSPS) is 17.4. The number of carbonyl (C=O) groups is 1. The molecule has 0 spiro atoms. The van der Waals surface area contributed by atoms with Gasteiger partial charge in [0, 0.05) is 91.0 Å². The highest BCUT2D eigenvalue weighted by atomic mass is 16.5. The largest absolute Gasteiger partial charge is 0.495 e. The summed E-state index contributed by atoms with van der Waals surface area (Å²) in [7, 11) is 1.77. The number of benzene rings is 8. The number of hydrogen-bond donors (Lipinski definition) is 0. The summed E-state index contributed by atoms with van der Waals surface area (Å²) in [6.45, 7) is 13.0. The molecule has 8 aromatic rings. The predicted molar refractivity (Wildman–Crippen MR) is 324 cm³/mol. The molecule has 0 radical (unpaired) electrons. The smallest absolute Gasteiger partial charge is 0.338 e. The first-order valence-corrected chi connectivity index (χ1v) is 28.9. The topological polar surface area (TPSA) is 63.7 Å². The van der Waals surface area contributed by atoms with Crippen LogP contribution in [0.1, 0.15) is 110 Å².